The SMILES string of the molecule is CC(C)CC(CO)Nc1ncns1. The van der Waals surface area contributed by atoms with Crippen molar-refractivity contribution in [1.29, 1.82) is 0 Å². The van der Waals surface area contributed by atoms with E-state index in [0.717, 1.165) is 11.6 Å². The normalized spacial score (nSPS) is 13.2. The molecule has 1 rings (SSSR count). The number of anilines is 1. The largest absolute Gasteiger partial charge is 0.394 e. The van der Waals surface area contributed by atoms with Crippen LogP contribution in [0, 0.1) is 5.92 Å². The minimum Gasteiger partial charge on any atom is -0.394 e. The molecule has 1 aromatic heterocycles. The molecular weight excluding hydrogens is 186 g/mol. The van der Waals surface area contributed by atoms with Crippen LogP contribution in [0.1, 0.15) is 20.3 Å². The molecule has 1 unspecified atom stereocenters. The smallest absolute Gasteiger partial charge is 0.202 e. The Kier molecular flexibility index (Phi) is 4.11. The second kappa shape index (κ2) is 5.14. The third-order valence-electron chi connectivity index (χ3n) is 1.67. The molecule has 0 bridgehead atoms. The van der Waals surface area contributed by atoms with Crippen LogP contribution in [0.5, 0.6) is 0 Å². The minimum atomic E-state index is 0.0907. The Morgan fingerprint density at radius 1 is 1.62 bits per heavy atom. The van der Waals surface area contributed by atoms with Gasteiger partial charge in [-0.25, -0.2) is 4.98 Å². The Morgan fingerprint density at radius 3 is 2.85 bits per heavy atom. The van der Waals surface area contributed by atoms with Crippen molar-refractivity contribution in [3.05, 3.63) is 6.33 Å². The number of rotatable bonds is 5. The van der Waals surface area contributed by atoms with E-state index in [1.54, 1.807) is 0 Å². The van der Waals surface area contributed by atoms with Crippen LogP contribution in [0.3, 0.4) is 0 Å². The van der Waals surface area contributed by atoms with Crippen molar-refractivity contribution in [2.45, 2.75) is 26.3 Å². The van der Waals surface area contributed by atoms with Gasteiger partial charge in [-0.05, 0) is 12.3 Å². The van der Waals surface area contributed by atoms with Crippen molar-refractivity contribution in [2.75, 3.05) is 11.9 Å². The summed E-state index contributed by atoms with van der Waals surface area (Å²) in [6.07, 6.45) is 2.45. The van der Waals surface area contributed by atoms with Gasteiger partial charge >= 0.3 is 0 Å². The monoisotopic (exact) mass is 201 g/mol. The van der Waals surface area contributed by atoms with Crippen LogP contribution in [-0.4, -0.2) is 27.1 Å². The highest BCUT2D eigenvalue weighted by Crippen LogP contribution is 2.12. The topological polar surface area (TPSA) is 58.0 Å². The predicted molar refractivity (Wildman–Crippen MR) is 53.9 cm³/mol. The first-order valence-electron chi connectivity index (χ1n) is 4.36. The number of hydrogen-bond acceptors (Lipinski definition) is 5. The number of nitrogens with one attached hydrogen (secondary N) is 1. The summed E-state index contributed by atoms with van der Waals surface area (Å²) in [5, 5.41) is 13.0. The van der Waals surface area contributed by atoms with Crippen LogP contribution in [0.4, 0.5) is 5.13 Å². The maximum absolute atomic E-state index is 9.07. The van der Waals surface area contributed by atoms with E-state index in [-0.39, 0.29) is 12.6 Å². The number of aliphatic hydroxyl groups is 1. The first-order chi connectivity index (χ1) is 6.22. The van der Waals surface area contributed by atoms with Gasteiger partial charge in [0, 0.05) is 11.5 Å². The van der Waals surface area contributed by atoms with Crippen LogP contribution < -0.4 is 5.32 Å². The first-order valence-corrected chi connectivity index (χ1v) is 5.13. The average Bonchev–Trinajstić information content (AvgIpc) is 2.55. The van der Waals surface area contributed by atoms with Crippen molar-refractivity contribution >= 4 is 16.7 Å². The minimum absolute atomic E-state index is 0.0907. The molecule has 0 aliphatic carbocycles. The lowest BCUT2D eigenvalue weighted by Gasteiger charge is -2.16. The lowest BCUT2D eigenvalue weighted by Crippen LogP contribution is -2.25. The van der Waals surface area contributed by atoms with Crippen LogP contribution >= 0.6 is 11.5 Å². The van der Waals surface area contributed by atoms with Crippen LogP contribution in [0.2, 0.25) is 0 Å². The molecule has 0 amide bonds. The predicted octanol–water partition coefficient (Wildman–Crippen LogP) is 1.36. The molecule has 0 aliphatic rings. The summed E-state index contributed by atoms with van der Waals surface area (Å²) < 4.78 is 3.88. The van der Waals surface area contributed by atoms with Crippen molar-refractivity contribution < 1.29 is 5.11 Å². The Bertz CT molecular complexity index is 225. The Balaban J connectivity index is 2.40. The maximum atomic E-state index is 9.07. The van der Waals surface area contributed by atoms with Gasteiger partial charge < -0.3 is 10.4 Å². The molecule has 13 heavy (non-hydrogen) atoms. The standard InChI is InChI=1S/C8H15N3OS/c1-6(2)3-7(4-12)11-8-9-5-10-13-8/h5-7,12H,3-4H2,1-2H3,(H,9,10,11). The van der Waals surface area contributed by atoms with Gasteiger partial charge in [-0.2, -0.15) is 4.37 Å². The van der Waals surface area contributed by atoms with E-state index >= 15 is 0 Å². The summed E-state index contributed by atoms with van der Waals surface area (Å²) >= 11 is 1.31. The number of hydrogen-bond donors (Lipinski definition) is 2. The van der Waals surface area contributed by atoms with Gasteiger partial charge in [0.15, 0.2) is 0 Å². The Morgan fingerprint density at radius 2 is 2.38 bits per heavy atom. The maximum Gasteiger partial charge on any atom is 0.202 e. The summed E-state index contributed by atoms with van der Waals surface area (Å²) in [6.45, 7) is 4.40. The summed E-state index contributed by atoms with van der Waals surface area (Å²) in [5.74, 6) is 0.567. The molecule has 2 N–H and O–H groups in total. The van der Waals surface area contributed by atoms with Crippen molar-refractivity contribution in [2.24, 2.45) is 5.92 Å². The zero-order valence-corrected chi connectivity index (χ0v) is 8.71. The molecule has 1 aromatic rings. The number of nitrogens with zero attached hydrogens (tertiary/aromatic N) is 2. The molecule has 5 heteroatoms. The van der Waals surface area contributed by atoms with E-state index in [0.29, 0.717) is 5.92 Å². The fourth-order valence-electron chi connectivity index (χ4n) is 1.16. The summed E-state index contributed by atoms with van der Waals surface area (Å²) in [7, 11) is 0. The molecule has 0 fully saturated rings. The van der Waals surface area contributed by atoms with Crippen molar-refractivity contribution in [1.82, 2.24) is 9.36 Å². The summed E-state index contributed by atoms with van der Waals surface area (Å²) in [6, 6.07) is 0.0907. The zero-order valence-electron chi connectivity index (χ0n) is 7.90. The molecule has 74 valence electrons. The van der Waals surface area contributed by atoms with Gasteiger partial charge in [-0.1, -0.05) is 13.8 Å². The molecule has 1 heterocycles. The van der Waals surface area contributed by atoms with Gasteiger partial charge in [-0.3, -0.25) is 0 Å². The van der Waals surface area contributed by atoms with Gasteiger partial charge in [-0.15, -0.1) is 0 Å². The van der Waals surface area contributed by atoms with Crippen LogP contribution in [0.25, 0.3) is 0 Å². The molecule has 0 saturated heterocycles. The molecule has 0 aromatic carbocycles. The van der Waals surface area contributed by atoms with Gasteiger partial charge in [0.05, 0.1) is 12.6 Å². The third kappa shape index (κ3) is 3.69. The average molecular weight is 201 g/mol. The van der Waals surface area contributed by atoms with Gasteiger partial charge in [0.2, 0.25) is 5.13 Å². The molecule has 4 nitrogen and oxygen atoms in total. The second-order valence-electron chi connectivity index (χ2n) is 3.40. The van der Waals surface area contributed by atoms with E-state index < -0.39 is 0 Å². The van der Waals surface area contributed by atoms with Crippen LogP contribution in [-0.2, 0) is 0 Å². The van der Waals surface area contributed by atoms with E-state index in [9.17, 15) is 0 Å². The van der Waals surface area contributed by atoms with E-state index in [4.69, 9.17) is 5.11 Å². The van der Waals surface area contributed by atoms with E-state index in [1.807, 2.05) is 0 Å². The lowest BCUT2D eigenvalue weighted by atomic mass is 10.1. The fraction of sp³-hybridized carbons (Fsp3) is 0.750. The second-order valence-corrected chi connectivity index (χ2v) is 4.18. The summed E-state index contributed by atoms with van der Waals surface area (Å²) in [4.78, 5) is 4.00. The molecular formula is C8H15N3OS. The quantitative estimate of drug-likeness (QED) is 0.755. The molecule has 0 spiro atoms. The Hall–Kier alpha value is -0.680. The van der Waals surface area contributed by atoms with E-state index in [1.165, 1.54) is 17.9 Å². The highest BCUT2D eigenvalue weighted by molar-refractivity contribution is 7.09. The fourth-order valence-corrected chi connectivity index (χ4v) is 1.67. The van der Waals surface area contributed by atoms with Crippen molar-refractivity contribution in [3.63, 3.8) is 0 Å². The third-order valence-corrected chi connectivity index (χ3v) is 2.26. The van der Waals surface area contributed by atoms with Gasteiger partial charge in [0.25, 0.3) is 0 Å². The van der Waals surface area contributed by atoms with Crippen LogP contribution in [0.15, 0.2) is 6.33 Å². The highest BCUT2D eigenvalue weighted by Gasteiger charge is 2.10. The summed E-state index contributed by atoms with van der Waals surface area (Å²) in [5.41, 5.74) is 0. The Labute approximate surface area is 82.2 Å². The number of aliphatic hydroxyl groups excluding tert-OH is 1. The lowest BCUT2D eigenvalue weighted by molar-refractivity contribution is 0.259. The number of aromatic nitrogens is 2. The van der Waals surface area contributed by atoms with Gasteiger partial charge in [0.1, 0.15) is 6.33 Å². The molecule has 1 atom stereocenters. The highest BCUT2D eigenvalue weighted by atomic mass is 32.1. The zero-order chi connectivity index (χ0) is 9.68. The molecule has 0 aliphatic heterocycles. The van der Waals surface area contributed by atoms with Crippen molar-refractivity contribution in [3.8, 4) is 0 Å². The molecule has 0 saturated carbocycles. The molecule has 0 radical (unpaired) electrons. The first kappa shape index (κ1) is 10.4. The van der Waals surface area contributed by atoms with E-state index in [2.05, 4.69) is 28.5 Å².